The molecular weight excluding hydrogens is 144 g/mol. The van der Waals surface area contributed by atoms with Gasteiger partial charge in [0.2, 0.25) is 0 Å². The van der Waals surface area contributed by atoms with Crippen LogP contribution >= 0.6 is 12.2 Å². The summed E-state index contributed by atoms with van der Waals surface area (Å²) in [5.74, 6) is 0.822. The largest absolute Gasteiger partial charge is 0.337 e. The van der Waals surface area contributed by atoms with Crippen LogP contribution in [0.25, 0.3) is 0 Å². The van der Waals surface area contributed by atoms with Crippen LogP contribution in [0.1, 0.15) is 19.4 Å². The number of H-pyrrole nitrogens is 1. The minimum Gasteiger partial charge on any atom is -0.337 e. The molecule has 0 radical (unpaired) electrons. The van der Waals surface area contributed by atoms with Crippen LogP contribution in [0.4, 0.5) is 0 Å². The van der Waals surface area contributed by atoms with Crippen molar-refractivity contribution in [1.82, 2.24) is 9.55 Å². The highest BCUT2D eigenvalue weighted by atomic mass is 32.1. The molecule has 0 bridgehead atoms. The fourth-order valence-corrected chi connectivity index (χ4v) is 1.55. The minimum atomic E-state index is 0.679. The first-order valence-electron chi connectivity index (χ1n) is 3.54. The Balaban J connectivity index is 2.35. The smallest absolute Gasteiger partial charge is 0.177 e. The highest BCUT2D eigenvalue weighted by Crippen LogP contribution is 2.42. The Kier molecular flexibility index (Phi) is 1.20. The molecule has 54 valence electrons. The van der Waals surface area contributed by atoms with Gasteiger partial charge in [-0.1, -0.05) is 6.92 Å². The van der Waals surface area contributed by atoms with E-state index in [0.29, 0.717) is 6.04 Å². The number of nitrogens with zero attached hydrogens (tertiary/aromatic N) is 1. The topological polar surface area (TPSA) is 20.7 Å². The SMILES string of the molecule is CC1CC1n1cc[nH]c1=S. The molecule has 1 aromatic rings. The van der Waals surface area contributed by atoms with Gasteiger partial charge >= 0.3 is 0 Å². The van der Waals surface area contributed by atoms with Gasteiger partial charge in [-0.25, -0.2) is 0 Å². The molecule has 1 N–H and O–H groups in total. The van der Waals surface area contributed by atoms with Crippen molar-refractivity contribution in [3.63, 3.8) is 0 Å². The first-order valence-corrected chi connectivity index (χ1v) is 3.95. The van der Waals surface area contributed by atoms with Gasteiger partial charge in [0.25, 0.3) is 0 Å². The lowest BCUT2D eigenvalue weighted by atomic mass is 10.5. The Morgan fingerprint density at radius 2 is 2.50 bits per heavy atom. The molecule has 0 aromatic carbocycles. The number of rotatable bonds is 1. The van der Waals surface area contributed by atoms with Crippen molar-refractivity contribution >= 4 is 12.2 Å². The summed E-state index contributed by atoms with van der Waals surface area (Å²) in [7, 11) is 0. The van der Waals surface area contributed by atoms with Crippen LogP contribution in [0, 0.1) is 10.7 Å². The van der Waals surface area contributed by atoms with E-state index in [-0.39, 0.29) is 0 Å². The number of aromatic amines is 1. The Morgan fingerprint density at radius 1 is 1.80 bits per heavy atom. The normalized spacial score (nSPS) is 30.5. The van der Waals surface area contributed by atoms with Crippen LogP contribution in [-0.2, 0) is 0 Å². The van der Waals surface area contributed by atoms with Gasteiger partial charge in [-0.2, -0.15) is 0 Å². The fraction of sp³-hybridized carbons (Fsp3) is 0.571. The van der Waals surface area contributed by atoms with E-state index in [1.807, 2.05) is 12.4 Å². The predicted octanol–water partition coefficient (Wildman–Crippen LogP) is 2.13. The van der Waals surface area contributed by atoms with Gasteiger partial charge in [0.15, 0.2) is 4.77 Å². The summed E-state index contributed by atoms with van der Waals surface area (Å²) in [6.45, 7) is 2.25. The molecule has 1 aromatic heterocycles. The van der Waals surface area contributed by atoms with E-state index in [1.54, 1.807) is 0 Å². The Hall–Kier alpha value is -0.570. The maximum absolute atomic E-state index is 5.06. The van der Waals surface area contributed by atoms with Crippen molar-refractivity contribution in [1.29, 1.82) is 0 Å². The maximum Gasteiger partial charge on any atom is 0.177 e. The lowest BCUT2D eigenvalue weighted by Crippen LogP contribution is -1.92. The molecule has 1 aliphatic rings. The van der Waals surface area contributed by atoms with Crippen molar-refractivity contribution in [2.45, 2.75) is 19.4 Å². The van der Waals surface area contributed by atoms with Gasteiger partial charge in [-0.3, -0.25) is 0 Å². The van der Waals surface area contributed by atoms with E-state index in [9.17, 15) is 0 Å². The lowest BCUT2D eigenvalue weighted by molar-refractivity contribution is 0.676. The summed E-state index contributed by atoms with van der Waals surface area (Å²) in [6.07, 6.45) is 5.20. The molecule has 1 saturated carbocycles. The summed E-state index contributed by atoms with van der Waals surface area (Å²) in [4.78, 5) is 2.99. The van der Waals surface area contributed by atoms with E-state index in [2.05, 4.69) is 16.5 Å². The van der Waals surface area contributed by atoms with Crippen LogP contribution in [0.2, 0.25) is 0 Å². The number of aromatic nitrogens is 2. The second kappa shape index (κ2) is 1.95. The highest BCUT2D eigenvalue weighted by Gasteiger charge is 2.34. The Labute approximate surface area is 64.9 Å². The summed E-state index contributed by atoms with van der Waals surface area (Å²) < 4.78 is 2.99. The zero-order valence-electron chi connectivity index (χ0n) is 5.87. The third-order valence-corrected chi connectivity index (χ3v) is 2.43. The van der Waals surface area contributed by atoms with Crippen molar-refractivity contribution in [3.8, 4) is 0 Å². The molecule has 1 heterocycles. The predicted molar refractivity (Wildman–Crippen MR) is 42.4 cm³/mol. The van der Waals surface area contributed by atoms with Gasteiger partial charge in [-0.05, 0) is 24.6 Å². The van der Waals surface area contributed by atoms with Crippen LogP contribution in [0.15, 0.2) is 12.4 Å². The lowest BCUT2D eigenvalue weighted by Gasteiger charge is -1.95. The van der Waals surface area contributed by atoms with Crippen molar-refractivity contribution in [2.24, 2.45) is 5.92 Å². The molecule has 10 heavy (non-hydrogen) atoms. The average Bonchev–Trinajstić information content (AvgIpc) is 2.42. The first-order chi connectivity index (χ1) is 4.79. The van der Waals surface area contributed by atoms with Gasteiger partial charge in [0.05, 0.1) is 0 Å². The highest BCUT2D eigenvalue weighted by molar-refractivity contribution is 7.71. The van der Waals surface area contributed by atoms with Crippen LogP contribution in [0.5, 0.6) is 0 Å². The van der Waals surface area contributed by atoms with E-state index in [1.165, 1.54) is 6.42 Å². The zero-order chi connectivity index (χ0) is 7.14. The van der Waals surface area contributed by atoms with Crippen molar-refractivity contribution in [2.75, 3.05) is 0 Å². The van der Waals surface area contributed by atoms with Gasteiger partial charge in [0, 0.05) is 18.4 Å². The number of imidazole rings is 1. The second-order valence-corrected chi connectivity index (χ2v) is 3.34. The van der Waals surface area contributed by atoms with Crippen LogP contribution in [0.3, 0.4) is 0 Å². The monoisotopic (exact) mass is 154 g/mol. The molecule has 3 heteroatoms. The fourth-order valence-electron chi connectivity index (χ4n) is 1.28. The molecule has 2 unspecified atom stereocenters. The minimum absolute atomic E-state index is 0.679. The summed E-state index contributed by atoms with van der Waals surface area (Å²) in [5, 5.41) is 0. The molecule has 1 fully saturated rings. The number of nitrogens with one attached hydrogen (secondary N) is 1. The van der Waals surface area contributed by atoms with E-state index >= 15 is 0 Å². The molecule has 1 aliphatic carbocycles. The van der Waals surface area contributed by atoms with Crippen LogP contribution in [-0.4, -0.2) is 9.55 Å². The molecule has 0 aliphatic heterocycles. The quantitative estimate of drug-likeness (QED) is 0.614. The summed E-state index contributed by atoms with van der Waals surface area (Å²) in [5.41, 5.74) is 0. The van der Waals surface area contributed by atoms with E-state index < -0.39 is 0 Å². The van der Waals surface area contributed by atoms with Crippen molar-refractivity contribution < 1.29 is 0 Å². The Bertz CT molecular complexity index is 286. The van der Waals surface area contributed by atoms with Gasteiger partial charge in [-0.15, -0.1) is 0 Å². The molecule has 0 saturated heterocycles. The number of hydrogen-bond donors (Lipinski definition) is 1. The zero-order valence-corrected chi connectivity index (χ0v) is 6.69. The maximum atomic E-state index is 5.06. The molecular formula is C7H10N2S. The molecule has 2 nitrogen and oxygen atoms in total. The average molecular weight is 154 g/mol. The first kappa shape index (κ1) is 6.16. The number of hydrogen-bond acceptors (Lipinski definition) is 1. The second-order valence-electron chi connectivity index (χ2n) is 2.95. The molecule has 2 atom stereocenters. The summed E-state index contributed by atoms with van der Waals surface area (Å²) in [6, 6.07) is 0.679. The van der Waals surface area contributed by atoms with Gasteiger partial charge < -0.3 is 9.55 Å². The third kappa shape index (κ3) is 0.814. The Morgan fingerprint density at radius 3 is 2.90 bits per heavy atom. The molecule has 0 amide bonds. The van der Waals surface area contributed by atoms with E-state index in [4.69, 9.17) is 12.2 Å². The van der Waals surface area contributed by atoms with Crippen LogP contribution < -0.4 is 0 Å². The third-order valence-electron chi connectivity index (χ3n) is 2.10. The standard InChI is InChI=1S/C7H10N2S/c1-5-4-6(5)9-3-2-8-7(9)10/h2-3,5-6H,4H2,1H3,(H,8,10). The van der Waals surface area contributed by atoms with Crippen molar-refractivity contribution in [3.05, 3.63) is 17.2 Å². The molecule has 2 rings (SSSR count). The summed E-state index contributed by atoms with van der Waals surface area (Å²) >= 11 is 5.06. The van der Waals surface area contributed by atoms with Gasteiger partial charge in [0.1, 0.15) is 0 Å². The molecule has 0 spiro atoms. The van der Waals surface area contributed by atoms with E-state index in [0.717, 1.165) is 10.7 Å².